The highest BCUT2D eigenvalue weighted by molar-refractivity contribution is 7.92. The predicted octanol–water partition coefficient (Wildman–Crippen LogP) is 1.91. The van der Waals surface area contributed by atoms with Crippen molar-refractivity contribution in [3.05, 3.63) is 58.5 Å². The van der Waals surface area contributed by atoms with E-state index in [0.717, 1.165) is 9.87 Å². The Kier molecular flexibility index (Phi) is 5.76. The Labute approximate surface area is 175 Å². The number of carbonyl (C=O) groups excluding carboxylic acids is 1. The van der Waals surface area contributed by atoms with Crippen LogP contribution < -0.4 is 15.3 Å². The number of sulfonamides is 1. The molecular weight excluding hydrogens is 404 g/mol. The van der Waals surface area contributed by atoms with Crippen molar-refractivity contribution in [3.63, 3.8) is 0 Å². The van der Waals surface area contributed by atoms with Gasteiger partial charge in [0.25, 0.3) is 10.0 Å². The second-order valence-electron chi connectivity index (χ2n) is 7.57. The first kappa shape index (κ1) is 21.6. The number of aryl methyl sites for hydroxylation is 3. The zero-order chi connectivity index (χ0) is 22.2. The molecule has 0 saturated heterocycles. The zero-order valence-electron chi connectivity index (χ0n) is 17.7. The Hall–Kier alpha value is -3.07. The molecule has 160 valence electrons. The molecule has 0 aliphatic rings. The van der Waals surface area contributed by atoms with Crippen LogP contribution in [0.2, 0.25) is 0 Å². The van der Waals surface area contributed by atoms with E-state index in [1.54, 1.807) is 45.3 Å². The van der Waals surface area contributed by atoms with E-state index in [-0.39, 0.29) is 23.2 Å². The Bertz CT molecular complexity index is 1270. The second-order valence-corrected chi connectivity index (χ2v) is 9.43. The topological polar surface area (TPSA) is 93.4 Å². The molecule has 0 atom stereocenters. The van der Waals surface area contributed by atoms with Crippen molar-refractivity contribution in [1.82, 2.24) is 14.5 Å². The van der Waals surface area contributed by atoms with Crippen LogP contribution in [0, 0.1) is 6.92 Å². The lowest BCUT2D eigenvalue weighted by Gasteiger charge is -2.26. The predicted molar refractivity (Wildman–Crippen MR) is 117 cm³/mol. The van der Waals surface area contributed by atoms with Crippen molar-refractivity contribution in [1.29, 1.82) is 0 Å². The van der Waals surface area contributed by atoms with Gasteiger partial charge in [-0.15, -0.1) is 0 Å². The average molecular weight is 431 g/mol. The summed E-state index contributed by atoms with van der Waals surface area (Å²) < 4.78 is 31.2. The standard InChI is InChI=1S/C21H26N4O4S/c1-14(2)22-20(26)13-25(17-9-7-6-8-15(17)3)30(28,29)16-10-11-18-19(12-16)24(5)21(27)23(18)4/h6-12,14H,13H2,1-5H3,(H,22,26). The number of nitrogens with one attached hydrogen (secondary N) is 1. The number of amides is 1. The number of aromatic nitrogens is 2. The maximum absolute atomic E-state index is 13.6. The number of hydrogen-bond donors (Lipinski definition) is 1. The second kappa shape index (κ2) is 7.98. The highest BCUT2D eigenvalue weighted by Gasteiger charge is 2.29. The van der Waals surface area contributed by atoms with E-state index < -0.39 is 15.9 Å². The third-order valence-electron chi connectivity index (χ3n) is 4.95. The number of hydrogen-bond acceptors (Lipinski definition) is 4. The van der Waals surface area contributed by atoms with Crippen LogP contribution in [0.25, 0.3) is 11.0 Å². The number of anilines is 1. The summed E-state index contributed by atoms with van der Waals surface area (Å²) in [6, 6.07) is 11.4. The van der Waals surface area contributed by atoms with E-state index in [1.807, 2.05) is 19.9 Å². The molecule has 0 saturated carbocycles. The van der Waals surface area contributed by atoms with Crippen molar-refractivity contribution in [2.45, 2.75) is 31.7 Å². The summed E-state index contributed by atoms with van der Waals surface area (Å²) in [7, 11) is -0.844. The van der Waals surface area contributed by atoms with Crippen molar-refractivity contribution < 1.29 is 13.2 Å². The lowest BCUT2D eigenvalue weighted by molar-refractivity contribution is -0.120. The molecule has 9 heteroatoms. The highest BCUT2D eigenvalue weighted by atomic mass is 32.2. The van der Waals surface area contributed by atoms with E-state index in [2.05, 4.69) is 5.32 Å². The van der Waals surface area contributed by atoms with Crippen LogP contribution in [0.4, 0.5) is 5.69 Å². The van der Waals surface area contributed by atoms with Crippen LogP contribution in [-0.2, 0) is 28.9 Å². The number of nitrogens with zero attached hydrogens (tertiary/aromatic N) is 3. The van der Waals surface area contributed by atoms with Crippen molar-refractivity contribution in [2.24, 2.45) is 14.1 Å². The molecule has 1 N–H and O–H groups in total. The molecule has 30 heavy (non-hydrogen) atoms. The Morgan fingerprint density at radius 2 is 1.70 bits per heavy atom. The first-order valence-corrected chi connectivity index (χ1v) is 11.0. The van der Waals surface area contributed by atoms with Gasteiger partial charge in [0.05, 0.1) is 21.6 Å². The van der Waals surface area contributed by atoms with Gasteiger partial charge in [-0.3, -0.25) is 18.2 Å². The lowest BCUT2D eigenvalue weighted by atomic mass is 10.2. The van der Waals surface area contributed by atoms with Crippen LogP contribution in [0.15, 0.2) is 52.2 Å². The fourth-order valence-electron chi connectivity index (χ4n) is 3.42. The fourth-order valence-corrected chi connectivity index (χ4v) is 4.92. The van der Waals surface area contributed by atoms with Crippen LogP contribution in [0.3, 0.4) is 0 Å². The highest BCUT2D eigenvalue weighted by Crippen LogP contribution is 2.28. The molecular formula is C21H26N4O4S. The first-order chi connectivity index (χ1) is 14.0. The third kappa shape index (κ3) is 3.85. The van der Waals surface area contributed by atoms with Gasteiger partial charge >= 0.3 is 5.69 Å². The summed E-state index contributed by atoms with van der Waals surface area (Å²) in [6.45, 7) is 5.07. The van der Waals surface area contributed by atoms with Crippen LogP contribution in [-0.4, -0.2) is 36.0 Å². The minimum absolute atomic E-state index is 0.0109. The minimum atomic E-state index is -4.07. The zero-order valence-corrected chi connectivity index (χ0v) is 18.5. The monoisotopic (exact) mass is 430 g/mol. The van der Waals surface area contributed by atoms with E-state index in [4.69, 9.17) is 0 Å². The quantitative estimate of drug-likeness (QED) is 0.646. The summed E-state index contributed by atoms with van der Waals surface area (Å²) in [5.74, 6) is -0.398. The first-order valence-electron chi connectivity index (χ1n) is 9.57. The summed E-state index contributed by atoms with van der Waals surface area (Å²) in [5, 5.41) is 2.74. The van der Waals surface area contributed by atoms with Gasteiger partial charge in [-0.1, -0.05) is 18.2 Å². The smallest absolute Gasteiger partial charge is 0.328 e. The Morgan fingerprint density at radius 1 is 1.07 bits per heavy atom. The summed E-state index contributed by atoms with van der Waals surface area (Å²) in [5.41, 5.74) is 2.04. The van der Waals surface area contributed by atoms with E-state index in [9.17, 15) is 18.0 Å². The van der Waals surface area contributed by atoms with Crippen LogP contribution >= 0.6 is 0 Å². The summed E-state index contributed by atoms with van der Waals surface area (Å²) in [4.78, 5) is 24.7. The van der Waals surface area contributed by atoms with Gasteiger partial charge < -0.3 is 5.32 Å². The molecule has 3 rings (SSSR count). The largest absolute Gasteiger partial charge is 0.352 e. The van der Waals surface area contributed by atoms with Gasteiger partial charge in [0.15, 0.2) is 0 Å². The van der Waals surface area contributed by atoms with Crippen LogP contribution in [0.1, 0.15) is 19.4 Å². The van der Waals surface area contributed by atoms with Gasteiger partial charge in [0, 0.05) is 20.1 Å². The average Bonchev–Trinajstić information content (AvgIpc) is 2.90. The maximum Gasteiger partial charge on any atom is 0.328 e. The number of para-hydroxylation sites is 1. The van der Waals surface area contributed by atoms with Crippen molar-refractivity contribution in [2.75, 3.05) is 10.8 Å². The summed E-state index contributed by atoms with van der Waals surface area (Å²) >= 11 is 0. The SMILES string of the molecule is Cc1ccccc1N(CC(=O)NC(C)C)S(=O)(=O)c1ccc2c(c1)n(C)c(=O)n2C. The van der Waals surface area contributed by atoms with Gasteiger partial charge in [-0.05, 0) is 50.6 Å². The Morgan fingerprint density at radius 3 is 2.33 bits per heavy atom. The van der Waals surface area contributed by atoms with Gasteiger partial charge in [0.1, 0.15) is 6.54 Å². The molecule has 1 heterocycles. The van der Waals surface area contributed by atoms with Crippen LogP contribution in [0.5, 0.6) is 0 Å². The molecule has 8 nitrogen and oxygen atoms in total. The van der Waals surface area contributed by atoms with E-state index in [1.165, 1.54) is 21.3 Å². The van der Waals surface area contributed by atoms with E-state index >= 15 is 0 Å². The molecule has 2 aromatic carbocycles. The molecule has 3 aromatic rings. The molecule has 0 bridgehead atoms. The molecule has 0 unspecified atom stereocenters. The van der Waals surface area contributed by atoms with Gasteiger partial charge in [-0.25, -0.2) is 13.2 Å². The minimum Gasteiger partial charge on any atom is -0.352 e. The molecule has 0 spiro atoms. The molecule has 0 aliphatic heterocycles. The summed E-state index contributed by atoms with van der Waals surface area (Å²) in [6.07, 6.45) is 0. The maximum atomic E-state index is 13.6. The lowest BCUT2D eigenvalue weighted by Crippen LogP contribution is -2.43. The Balaban J connectivity index is 2.15. The number of rotatable bonds is 6. The molecule has 1 amide bonds. The molecule has 0 radical (unpaired) electrons. The number of imidazole rings is 1. The number of fused-ring (bicyclic) bond motifs is 1. The van der Waals surface area contributed by atoms with Gasteiger partial charge in [0.2, 0.25) is 5.91 Å². The normalized spacial score (nSPS) is 11.8. The molecule has 1 aromatic heterocycles. The van der Waals surface area contributed by atoms with Crippen molar-refractivity contribution in [3.8, 4) is 0 Å². The van der Waals surface area contributed by atoms with E-state index in [0.29, 0.717) is 16.7 Å². The molecule has 0 fully saturated rings. The molecule has 0 aliphatic carbocycles. The fraction of sp³-hybridized carbons (Fsp3) is 0.333. The van der Waals surface area contributed by atoms with Gasteiger partial charge in [-0.2, -0.15) is 0 Å². The number of carbonyl (C=O) groups is 1. The third-order valence-corrected chi connectivity index (χ3v) is 6.71. The van der Waals surface area contributed by atoms with Crippen molar-refractivity contribution >= 4 is 32.7 Å². The number of benzene rings is 2.